The average Bonchev–Trinajstić information content (AvgIpc) is 3.13. The van der Waals surface area contributed by atoms with Crippen molar-refractivity contribution in [3.05, 3.63) is 71.0 Å². The molecule has 0 spiro atoms. The highest BCUT2D eigenvalue weighted by molar-refractivity contribution is 7.15. The number of aromatic hydroxyl groups is 1. The molecule has 9 heteroatoms. The van der Waals surface area contributed by atoms with E-state index in [4.69, 9.17) is 10.00 Å². The van der Waals surface area contributed by atoms with Gasteiger partial charge >= 0.3 is 6.01 Å². The minimum Gasteiger partial charge on any atom is -0.506 e. The van der Waals surface area contributed by atoms with Gasteiger partial charge in [-0.05, 0) is 42.8 Å². The second-order valence-corrected chi connectivity index (χ2v) is 7.32. The van der Waals surface area contributed by atoms with Crippen LogP contribution in [0.2, 0.25) is 0 Å². The zero-order valence-corrected chi connectivity index (χ0v) is 16.5. The molecule has 0 saturated heterocycles. The quantitative estimate of drug-likeness (QED) is 0.515. The van der Waals surface area contributed by atoms with E-state index in [2.05, 4.69) is 19.9 Å². The van der Waals surface area contributed by atoms with E-state index in [-0.39, 0.29) is 18.2 Å². The lowest BCUT2D eigenvalue weighted by molar-refractivity contribution is 0.280. The number of nitrogens with zero attached hydrogens (tertiary/aromatic N) is 5. The molecule has 7 nitrogen and oxygen atoms in total. The lowest BCUT2D eigenvalue weighted by Gasteiger charge is -2.06. The smallest absolute Gasteiger partial charge is 0.316 e. The molecule has 0 aliphatic heterocycles. The van der Waals surface area contributed by atoms with Crippen molar-refractivity contribution in [2.45, 2.75) is 13.5 Å². The third kappa shape index (κ3) is 3.94. The van der Waals surface area contributed by atoms with Gasteiger partial charge in [0.05, 0.1) is 16.3 Å². The minimum absolute atomic E-state index is 0.238. The number of nitriles is 1. The number of benzene rings is 1. The number of rotatable bonds is 5. The first-order valence-electron chi connectivity index (χ1n) is 8.80. The minimum atomic E-state index is -0.795. The van der Waals surface area contributed by atoms with Crippen LogP contribution < -0.4 is 4.74 Å². The summed E-state index contributed by atoms with van der Waals surface area (Å²) in [5, 5.41) is 19.6. The number of phenols is 1. The number of hydrogen-bond acceptors (Lipinski definition) is 8. The number of aryl methyl sites for hydroxylation is 1. The third-order valence-electron chi connectivity index (χ3n) is 4.21. The molecule has 4 aromatic rings. The first kappa shape index (κ1) is 19.4. The standard InChI is InChI=1S/C21H14FN5O2S/c1-12-20(30-19(27-12)11-29-21-25-4-2-5-26-21)13-3-6-24-17(8-13)14-7-16(22)15(10-23)18(28)9-14/h2-9,28H,11H2,1H3. The van der Waals surface area contributed by atoms with Crippen LogP contribution in [0.1, 0.15) is 16.3 Å². The lowest BCUT2D eigenvalue weighted by Crippen LogP contribution is -1.98. The summed E-state index contributed by atoms with van der Waals surface area (Å²) < 4.78 is 19.6. The molecule has 30 heavy (non-hydrogen) atoms. The first-order valence-corrected chi connectivity index (χ1v) is 9.62. The molecular formula is C21H14FN5O2S. The fourth-order valence-corrected chi connectivity index (χ4v) is 3.82. The maximum absolute atomic E-state index is 14.1. The molecule has 0 unspecified atom stereocenters. The molecular weight excluding hydrogens is 405 g/mol. The van der Waals surface area contributed by atoms with Crippen LogP contribution in [0.3, 0.4) is 0 Å². The summed E-state index contributed by atoms with van der Waals surface area (Å²) in [5.74, 6) is -1.22. The van der Waals surface area contributed by atoms with Crippen molar-refractivity contribution in [2.75, 3.05) is 0 Å². The molecule has 3 aromatic heterocycles. The van der Waals surface area contributed by atoms with Crippen LogP contribution in [0.4, 0.5) is 4.39 Å². The van der Waals surface area contributed by atoms with Gasteiger partial charge < -0.3 is 9.84 Å². The molecule has 4 rings (SSSR count). The molecule has 0 bridgehead atoms. The average molecular weight is 419 g/mol. The van der Waals surface area contributed by atoms with Crippen LogP contribution >= 0.6 is 11.3 Å². The van der Waals surface area contributed by atoms with Gasteiger partial charge in [-0.1, -0.05) is 0 Å². The van der Waals surface area contributed by atoms with Crippen molar-refractivity contribution in [2.24, 2.45) is 0 Å². The van der Waals surface area contributed by atoms with E-state index < -0.39 is 11.6 Å². The number of halogens is 1. The van der Waals surface area contributed by atoms with Crippen LogP contribution in [0, 0.1) is 24.1 Å². The van der Waals surface area contributed by atoms with E-state index in [9.17, 15) is 9.50 Å². The van der Waals surface area contributed by atoms with E-state index in [1.165, 1.54) is 23.5 Å². The Morgan fingerprint density at radius 3 is 2.67 bits per heavy atom. The lowest BCUT2D eigenvalue weighted by atomic mass is 10.0. The fraction of sp³-hybridized carbons (Fsp3) is 0.0952. The van der Waals surface area contributed by atoms with Crippen LogP contribution in [0.15, 0.2) is 48.9 Å². The van der Waals surface area contributed by atoms with Gasteiger partial charge in [0.1, 0.15) is 34.8 Å². The number of thiazole rings is 1. The van der Waals surface area contributed by atoms with Crippen molar-refractivity contribution in [3.8, 4) is 39.5 Å². The van der Waals surface area contributed by atoms with Gasteiger partial charge in [-0.2, -0.15) is 5.26 Å². The van der Waals surface area contributed by atoms with Gasteiger partial charge in [0.2, 0.25) is 0 Å². The maximum Gasteiger partial charge on any atom is 0.316 e. The second kappa shape index (κ2) is 8.23. The highest BCUT2D eigenvalue weighted by Gasteiger charge is 2.15. The summed E-state index contributed by atoms with van der Waals surface area (Å²) >= 11 is 1.46. The normalized spacial score (nSPS) is 10.6. The second-order valence-electron chi connectivity index (χ2n) is 6.24. The van der Waals surface area contributed by atoms with Crippen molar-refractivity contribution in [1.82, 2.24) is 19.9 Å². The number of aromatic nitrogens is 4. The van der Waals surface area contributed by atoms with E-state index >= 15 is 0 Å². The highest BCUT2D eigenvalue weighted by Crippen LogP contribution is 2.34. The Morgan fingerprint density at radius 2 is 1.93 bits per heavy atom. The highest BCUT2D eigenvalue weighted by atomic mass is 32.1. The predicted molar refractivity (Wildman–Crippen MR) is 108 cm³/mol. The van der Waals surface area contributed by atoms with Gasteiger partial charge in [-0.15, -0.1) is 11.3 Å². The molecule has 3 heterocycles. The van der Waals surface area contributed by atoms with Gasteiger partial charge in [-0.25, -0.2) is 19.3 Å². The Kier molecular flexibility index (Phi) is 5.32. The summed E-state index contributed by atoms with van der Waals surface area (Å²) in [6.45, 7) is 2.13. The van der Waals surface area contributed by atoms with Crippen molar-refractivity contribution in [3.63, 3.8) is 0 Å². The molecule has 0 radical (unpaired) electrons. The number of pyridine rings is 1. The summed E-state index contributed by atoms with van der Waals surface area (Å²) in [5.41, 5.74) is 2.12. The summed E-state index contributed by atoms with van der Waals surface area (Å²) in [4.78, 5) is 17.8. The summed E-state index contributed by atoms with van der Waals surface area (Å²) in [6.07, 6.45) is 4.80. The van der Waals surface area contributed by atoms with Gasteiger partial charge in [0.25, 0.3) is 0 Å². The molecule has 0 atom stereocenters. The molecule has 1 N–H and O–H groups in total. The zero-order valence-electron chi connectivity index (χ0n) is 15.7. The molecule has 0 aliphatic rings. The maximum atomic E-state index is 14.1. The fourth-order valence-electron chi connectivity index (χ4n) is 2.85. The van der Waals surface area contributed by atoms with E-state index in [1.807, 2.05) is 13.0 Å². The Morgan fingerprint density at radius 1 is 1.13 bits per heavy atom. The van der Waals surface area contributed by atoms with E-state index in [1.54, 1.807) is 36.8 Å². The predicted octanol–water partition coefficient (Wildman–Crippen LogP) is 4.27. The Bertz CT molecular complexity index is 1230. The first-order chi connectivity index (χ1) is 14.5. The largest absolute Gasteiger partial charge is 0.506 e. The van der Waals surface area contributed by atoms with Gasteiger partial charge in [0, 0.05) is 24.2 Å². The van der Waals surface area contributed by atoms with Crippen molar-refractivity contribution >= 4 is 11.3 Å². The number of ether oxygens (including phenoxy) is 1. The molecule has 148 valence electrons. The molecule has 1 aromatic carbocycles. The molecule has 0 saturated carbocycles. The van der Waals surface area contributed by atoms with Crippen molar-refractivity contribution in [1.29, 1.82) is 5.26 Å². The Hall–Kier alpha value is -3.90. The molecule has 0 amide bonds. The van der Waals surface area contributed by atoms with Gasteiger partial charge in [-0.3, -0.25) is 4.98 Å². The summed E-state index contributed by atoms with van der Waals surface area (Å²) in [7, 11) is 0. The van der Waals surface area contributed by atoms with Crippen molar-refractivity contribution < 1.29 is 14.2 Å². The topological polar surface area (TPSA) is 105 Å². The van der Waals surface area contributed by atoms with Crippen LogP contribution in [-0.4, -0.2) is 25.0 Å². The monoisotopic (exact) mass is 419 g/mol. The summed E-state index contributed by atoms with van der Waals surface area (Å²) in [6, 6.07) is 9.75. The van der Waals surface area contributed by atoms with Gasteiger partial charge in [0.15, 0.2) is 0 Å². The molecule has 0 fully saturated rings. The van der Waals surface area contributed by atoms with E-state index in [0.29, 0.717) is 11.3 Å². The van der Waals surface area contributed by atoms with Crippen LogP contribution in [-0.2, 0) is 6.61 Å². The molecule has 0 aliphatic carbocycles. The SMILES string of the molecule is Cc1nc(COc2ncccn2)sc1-c1ccnc(-c2cc(O)c(C#N)c(F)c2)c1. The van der Waals surface area contributed by atoms with Crippen LogP contribution in [0.5, 0.6) is 11.8 Å². The van der Waals surface area contributed by atoms with E-state index in [0.717, 1.165) is 21.1 Å². The third-order valence-corrected chi connectivity index (χ3v) is 5.39. The Balaban J connectivity index is 1.62. The number of phenolic OH excluding ortho intramolecular Hbond substituents is 1. The van der Waals surface area contributed by atoms with Crippen LogP contribution in [0.25, 0.3) is 21.7 Å². The number of hydrogen-bond donors (Lipinski definition) is 1. The zero-order chi connectivity index (χ0) is 21.1. The Labute approximate surface area is 175 Å².